The fourth-order valence-corrected chi connectivity index (χ4v) is 4.50. The third-order valence-electron chi connectivity index (χ3n) is 6.63. The lowest BCUT2D eigenvalue weighted by atomic mass is 10.1. The highest BCUT2D eigenvalue weighted by atomic mass is 19.4. The van der Waals surface area contributed by atoms with E-state index in [0.717, 1.165) is 18.2 Å². The predicted molar refractivity (Wildman–Crippen MR) is 148 cm³/mol. The van der Waals surface area contributed by atoms with Gasteiger partial charge in [0.1, 0.15) is 17.6 Å². The van der Waals surface area contributed by atoms with Crippen LogP contribution in [0.4, 0.5) is 23.2 Å². The Labute approximate surface area is 240 Å². The molecule has 14 heteroatoms. The Morgan fingerprint density at radius 3 is 2.33 bits per heavy atom. The number of rotatable bonds is 7. The van der Waals surface area contributed by atoms with E-state index >= 15 is 4.39 Å². The van der Waals surface area contributed by atoms with Crippen molar-refractivity contribution < 1.29 is 41.3 Å². The Balaban J connectivity index is 1.44. The summed E-state index contributed by atoms with van der Waals surface area (Å²) in [6, 6.07) is 10.0. The summed E-state index contributed by atoms with van der Waals surface area (Å²) in [6.45, 7) is 1.50. The quantitative estimate of drug-likeness (QED) is 0.231. The molecule has 0 saturated carbocycles. The second-order valence-corrected chi connectivity index (χ2v) is 9.18. The fourth-order valence-electron chi connectivity index (χ4n) is 4.50. The van der Waals surface area contributed by atoms with Crippen molar-refractivity contribution in [2.45, 2.75) is 13.3 Å². The minimum Gasteiger partial charge on any atom is -0.493 e. The zero-order chi connectivity index (χ0) is 31.1. The standard InChI is InChI=1S/C29H22F4N4O6/c1-14-25(26(38)18-10-16(43-29(31,32)33)6-7-21(18)37(14)2)27(39)36-15-5-8-22(19(30)9-15)42-28-17-11-23(40-3)24(41-4)12-20(17)34-13-35-28/h5-13H,1-4H3,(H,36,39). The number of amides is 1. The minimum atomic E-state index is -4.97. The van der Waals surface area contributed by atoms with Gasteiger partial charge in [0.15, 0.2) is 23.1 Å². The molecule has 3 aromatic carbocycles. The highest BCUT2D eigenvalue weighted by Gasteiger charge is 2.31. The van der Waals surface area contributed by atoms with Crippen LogP contribution in [0.1, 0.15) is 16.1 Å². The SMILES string of the molecule is COc1cc2ncnc(Oc3ccc(NC(=O)c4c(C)n(C)c5ccc(OC(F)(F)F)cc5c4=O)cc3F)c2cc1OC. The highest BCUT2D eigenvalue weighted by molar-refractivity contribution is 6.07. The van der Waals surface area contributed by atoms with E-state index in [4.69, 9.17) is 14.2 Å². The maximum absolute atomic E-state index is 15.1. The number of hydrogen-bond acceptors (Lipinski definition) is 8. The molecule has 2 aromatic heterocycles. The van der Waals surface area contributed by atoms with Crippen LogP contribution in [0.5, 0.6) is 28.9 Å². The molecule has 10 nitrogen and oxygen atoms in total. The number of carbonyl (C=O) groups excluding carboxylic acids is 1. The number of ether oxygens (including phenoxy) is 4. The number of benzene rings is 3. The Morgan fingerprint density at radius 1 is 0.930 bits per heavy atom. The topological polar surface area (TPSA) is 114 Å². The van der Waals surface area contributed by atoms with Crippen molar-refractivity contribution in [3.63, 3.8) is 0 Å². The molecule has 0 aliphatic carbocycles. The van der Waals surface area contributed by atoms with Crippen molar-refractivity contribution in [1.29, 1.82) is 0 Å². The first kappa shape index (κ1) is 29.1. The largest absolute Gasteiger partial charge is 0.573 e. The van der Waals surface area contributed by atoms with Crippen LogP contribution in [0.15, 0.2) is 59.7 Å². The number of halogens is 4. The summed E-state index contributed by atoms with van der Waals surface area (Å²) in [5.74, 6) is -1.74. The molecule has 0 spiro atoms. The van der Waals surface area contributed by atoms with Gasteiger partial charge in [-0.1, -0.05) is 0 Å². The van der Waals surface area contributed by atoms with Crippen LogP contribution in [-0.2, 0) is 7.05 Å². The van der Waals surface area contributed by atoms with Crippen LogP contribution >= 0.6 is 0 Å². The van der Waals surface area contributed by atoms with Gasteiger partial charge < -0.3 is 28.8 Å². The van der Waals surface area contributed by atoms with E-state index in [1.807, 2.05) is 0 Å². The third-order valence-corrected chi connectivity index (χ3v) is 6.63. The molecule has 0 aliphatic rings. The lowest BCUT2D eigenvalue weighted by Gasteiger charge is -2.16. The lowest BCUT2D eigenvalue weighted by Crippen LogP contribution is -2.26. The second-order valence-electron chi connectivity index (χ2n) is 9.18. The molecule has 1 amide bonds. The predicted octanol–water partition coefficient (Wildman–Crippen LogP) is 5.89. The number of alkyl halides is 3. The number of methoxy groups -OCH3 is 2. The van der Waals surface area contributed by atoms with Gasteiger partial charge in [-0.3, -0.25) is 9.59 Å². The molecule has 43 heavy (non-hydrogen) atoms. The van der Waals surface area contributed by atoms with Gasteiger partial charge >= 0.3 is 6.36 Å². The molecule has 5 aromatic rings. The molecular weight excluding hydrogens is 576 g/mol. The molecule has 1 N–H and O–H groups in total. The maximum atomic E-state index is 15.1. The normalized spacial score (nSPS) is 11.4. The summed E-state index contributed by atoms with van der Waals surface area (Å²) in [4.78, 5) is 34.7. The van der Waals surface area contributed by atoms with E-state index < -0.39 is 29.3 Å². The first-order valence-electron chi connectivity index (χ1n) is 12.4. The smallest absolute Gasteiger partial charge is 0.493 e. The molecule has 2 heterocycles. The van der Waals surface area contributed by atoms with Crippen molar-refractivity contribution in [3.8, 4) is 28.9 Å². The summed E-state index contributed by atoms with van der Waals surface area (Å²) < 4.78 is 75.0. The van der Waals surface area contributed by atoms with E-state index in [9.17, 15) is 22.8 Å². The number of anilines is 1. The molecule has 0 aliphatic heterocycles. The summed E-state index contributed by atoms with van der Waals surface area (Å²) in [5, 5.41) is 2.71. The number of nitrogens with zero attached hydrogens (tertiary/aromatic N) is 3. The van der Waals surface area contributed by atoms with Crippen LogP contribution in [0, 0.1) is 12.7 Å². The maximum Gasteiger partial charge on any atom is 0.573 e. The first-order chi connectivity index (χ1) is 20.4. The summed E-state index contributed by atoms with van der Waals surface area (Å²) in [7, 11) is 4.47. The van der Waals surface area contributed by atoms with Crippen LogP contribution in [0.3, 0.4) is 0 Å². The van der Waals surface area contributed by atoms with E-state index in [1.165, 1.54) is 50.2 Å². The minimum absolute atomic E-state index is 0.00972. The van der Waals surface area contributed by atoms with E-state index in [0.29, 0.717) is 22.4 Å². The van der Waals surface area contributed by atoms with Gasteiger partial charge in [0.05, 0.1) is 36.0 Å². The van der Waals surface area contributed by atoms with Gasteiger partial charge in [-0.25, -0.2) is 14.4 Å². The van der Waals surface area contributed by atoms with Gasteiger partial charge in [-0.2, -0.15) is 0 Å². The summed E-state index contributed by atoms with van der Waals surface area (Å²) in [5.41, 5.74) is -0.187. The zero-order valence-electron chi connectivity index (χ0n) is 23.0. The third kappa shape index (κ3) is 5.71. The van der Waals surface area contributed by atoms with E-state index in [1.54, 1.807) is 19.2 Å². The molecule has 0 unspecified atom stereocenters. The fraction of sp³-hybridized carbons (Fsp3) is 0.172. The van der Waals surface area contributed by atoms with Crippen molar-refractivity contribution in [2.75, 3.05) is 19.5 Å². The molecule has 0 radical (unpaired) electrons. The highest BCUT2D eigenvalue weighted by Crippen LogP contribution is 2.36. The Bertz CT molecular complexity index is 1960. The Morgan fingerprint density at radius 2 is 1.65 bits per heavy atom. The molecule has 0 fully saturated rings. The van der Waals surface area contributed by atoms with Gasteiger partial charge in [0, 0.05) is 30.6 Å². The second kappa shape index (κ2) is 11.1. The molecule has 5 rings (SSSR count). The van der Waals surface area contributed by atoms with Gasteiger partial charge in [0.25, 0.3) is 5.91 Å². The molecule has 0 saturated heterocycles. The summed E-state index contributed by atoms with van der Waals surface area (Å²) >= 11 is 0. The zero-order valence-corrected chi connectivity index (χ0v) is 23.0. The average molecular weight is 599 g/mol. The molecule has 0 bridgehead atoms. The van der Waals surface area contributed by atoms with Crippen LogP contribution in [0.2, 0.25) is 0 Å². The summed E-state index contributed by atoms with van der Waals surface area (Å²) in [6.07, 6.45) is -3.73. The number of carbonyl (C=O) groups is 1. The number of aryl methyl sites for hydroxylation is 1. The molecule has 0 atom stereocenters. The van der Waals surface area contributed by atoms with Crippen molar-refractivity contribution in [1.82, 2.24) is 14.5 Å². The van der Waals surface area contributed by atoms with Crippen molar-refractivity contribution in [3.05, 3.63) is 82.2 Å². The number of pyridine rings is 1. The van der Waals surface area contributed by atoms with Crippen LogP contribution in [-0.4, -0.2) is 41.0 Å². The lowest BCUT2D eigenvalue weighted by molar-refractivity contribution is -0.274. The van der Waals surface area contributed by atoms with Crippen molar-refractivity contribution >= 4 is 33.4 Å². The monoisotopic (exact) mass is 598 g/mol. The molecular formula is C29H22F4N4O6. The number of aromatic nitrogens is 3. The number of nitrogens with one attached hydrogen (secondary N) is 1. The van der Waals surface area contributed by atoms with Crippen LogP contribution in [0.25, 0.3) is 21.8 Å². The Kier molecular flexibility index (Phi) is 7.52. The number of fused-ring (bicyclic) bond motifs is 2. The average Bonchev–Trinajstić information content (AvgIpc) is 2.96. The molecule has 222 valence electrons. The Hall–Kier alpha value is -5.40. The number of hydrogen-bond donors (Lipinski definition) is 1. The van der Waals surface area contributed by atoms with E-state index in [-0.39, 0.29) is 39.5 Å². The first-order valence-corrected chi connectivity index (χ1v) is 12.4. The van der Waals surface area contributed by atoms with Crippen molar-refractivity contribution in [2.24, 2.45) is 7.05 Å². The van der Waals surface area contributed by atoms with Gasteiger partial charge in [0.2, 0.25) is 11.3 Å². The van der Waals surface area contributed by atoms with Gasteiger partial charge in [-0.15, -0.1) is 13.2 Å². The van der Waals surface area contributed by atoms with E-state index in [2.05, 4.69) is 20.0 Å². The van der Waals surface area contributed by atoms with Crippen LogP contribution < -0.4 is 29.7 Å². The van der Waals surface area contributed by atoms with Gasteiger partial charge in [-0.05, 0) is 43.3 Å².